The monoisotopic (exact) mass is 563 g/mol. The zero-order chi connectivity index (χ0) is 27.8. The number of fused-ring (bicyclic) bond motifs is 1. The molecule has 1 amide bonds. The quantitative estimate of drug-likeness (QED) is 0.137. The molecule has 0 aromatic carbocycles. The Kier molecular flexibility index (Phi) is 19.6. The van der Waals surface area contributed by atoms with Gasteiger partial charge in [0, 0.05) is 6.54 Å². The summed E-state index contributed by atoms with van der Waals surface area (Å²) in [6.45, 7) is 5.22. The summed E-state index contributed by atoms with van der Waals surface area (Å²) in [5.74, 6) is -0.879. The molecule has 2 N–H and O–H groups in total. The van der Waals surface area contributed by atoms with Crippen LogP contribution in [0.15, 0.2) is 12.2 Å². The van der Waals surface area contributed by atoms with Crippen molar-refractivity contribution in [2.45, 2.75) is 50.6 Å². The molecule has 13 heteroatoms. The molecule has 1 saturated heterocycles. The number of carboxylic acids is 1. The number of hydrogen-bond acceptors (Lipinski definition) is 11. The first-order chi connectivity index (χ1) is 19.1. The van der Waals surface area contributed by atoms with E-state index in [1.807, 2.05) is 0 Å². The summed E-state index contributed by atoms with van der Waals surface area (Å²) in [6.07, 6.45) is 7.23. The third-order valence-corrected chi connectivity index (χ3v) is 5.66. The highest BCUT2D eigenvalue weighted by atomic mass is 16.7. The Bertz CT molecular complexity index is 647. The van der Waals surface area contributed by atoms with E-state index in [1.54, 1.807) is 0 Å². The minimum Gasteiger partial charge on any atom is -0.481 e. The molecule has 1 heterocycles. The number of alkyl carbamates (subject to hydrolysis) is 1. The zero-order valence-corrected chi connectivity index (χ0v) is 22.8. The topological polar surface area (TPSA) is 149 Å². The van der Waals surface area contributed by atoms with Crippen LogP contribution in [0.5, 0.6) is 0 Å². The van der Waals surface area contributed by atoms with Crippen LogP contribution >= 0.6 is 0 Å². The lowest BCUT2D eigenvalue weighted by atomic mass is 10.0. The number of aliphatic carboxylic acids is 1. The van der Waals surface area contributed by atoms with E-state index in [0.29, 0.717) is 79.2 Å². The summed E-state index contributed by atoms with van der Waals surface area (Å²) >= 11 is 0. The van der Waals surface area contributed by atoms with Gasteiger partial charge in [0.1, 0.15) is 6.61 Å². The van der Waals surface area contributed by atoms with E-state index in [2.05, 4.69) is 17.5 Å². The molecular formula is C26H45NO12. The van der Waals surface area contributed by atoms with Gasteiger partial charge in [-0.3, -0.25) is 4.79 Å². The van der Waals surface area contributed by atoms with Crippen molar-refractivity contribution in [2.75, 3.05) is 92.4 Å². The van der Waals surface area contributed by atoms with Crippen molar-refractivity contribution in [1.82, 2.24) is 5.32 Å². The molecule has 0 radical (unpaired) electrons. The molecule has 13 nitrogen and oxygen atoms in total. The van der Waals surface area contributed by atoms with E-state index in [9.17, 15) is 9.59 Å². The van der Waals surface area contributed by atoms with E-state index in [-0.39, 0.29) is 31.8 Å². The van der Waals surface area contributed by atoms with Crippen LogP contribution in [-0.2, 0) is 47.4 Å². The molecule has 0 saturated carbocycles. The van der Waals surface area contributed by atoms with Crippen LogP contribution < -0.4 is 5.32 Å². The number of amides is 1. The first kappa shape index (κ1) is 33.4. The maximum Gasteiger partial charge on any atom is 0.407 e. The fraction of sp³-hybridized carbons (Fsp3) is 0.846. The van der Waals surface area contributed by atoms with Gasteiger partial charge in [0.05, 0.1) is 97.9 Å². The summed E-state index contributed by atoms with van der Waals surface area (Å²) < 4.78 is 49.0. The first-order valence-electron chi connectivity index (χ1n) is 13.7. The van der Waals surface area contributed by atoms with Crippen molar-refractivity contribution >= 4 is 12.1 Å². The second-order valence-electron chi connectivity index (χ2n) is 8.75. The van der Waals surface area contributed by atoms with Gasteiger partial charge in [-0.2, -0.15) is 0 Å². The van der Waals surface area contributed by atoms with Crippen molar-refractivity contribution < 1.29 is 57.3 Å². The van der Waals surface area contributed by atoms with Crippen molar-refractivity contribution in [3.63, 3.8) is 0 Å². The largest absolute Gasteiger partial charge is 0.481 e. The Morgan fingerprint density at radius 2 is 1.13 bits per heavy atom. The molecule has 0 aromatic heterocycles. The predicted molar refractivity (Wildman–Crippen MR) is 138 cm³/mol. The van der Waals surface area contributed by atoms with Crippen molar-refractivity contribution in [3.8, 4) is 0 Å². The summed E-state index contributed by atoms with van der Waals surface area (Å²) in [5, 5.41) is 11.1. The van der Waals surface area contributed by atoms with Gasteiger partial charge < -0.3 is 53.1 Å². The third-order valence-electron chi connectivity index (χ3n) is 5.66. The molecule has 1 fully saturated rings. The van der Waals surface area contributed by atoms with E-state index in [1.165, 1.54) is 0 Å². The number of rotatable bonds is 23. The summed E-state index contributed by atoms with van der Waals surface area (Å²) in [5.41, 5.74) is 0. The van der Waals surface area contributed by atoms with Crippen molar-refractivity contribution in [1.29, 1.82) is 0 Å². The van der Waals surface area contributed by atoms with Gasteiger partial charge >= 0.3 is 12.1 Å². The van der Waals surface area contributed by atoms with Crippen LogP contribution in [0.1, 0.15) is 32.1 Å². The molecule has 2 rings (SSSR count). The minimum absolute atomic E-state index is 0.00729. The Hall–Kier alpha value is -1.84. The third kappa shape index (κ3) is 18.2. The maximum absolute atomic E-state index is 11.9. The average Bonchev–Trinajstić information content (AvgIpc) is 3.28. The van der Waals surface area contributed by atoms with Gasteiger partial charge in [-0.25, -0.2) is 4.79 Å². The SMILES string of the molecule is O=C(O)CCOCCOCCOCCOCCOCCOCCNC(=O)OCC1OC2CC/C=C/CCC2O1. The molecule has 2 unspecified atom stereocenters. The number of ether oxygens (including phenoxy) is 9. The lowest BCUT2D eigenvalue weighted by Gasteiger charge is -2.16. The molecular weight excluding hydrogens is 518 g/mol. The van der Waals surface area contributed by atoms with Gasteiger partial charge in [0.15, 0.2) is 6.29 Å². The molecule has 2 aliphatic rings. The summed E-state index contributed by atoms with van der Waals surface area (Å²) in [6, 6.07) is 0. The van der Waals surface area contributed by atoms with Crippen LogP contribution in [0.4, 0.5) is 4.79 Å². The fourth-order valence-electron chi connectivity index (χ4n) is 3.72. The summed E-state index contributed by atoms with van der Waals surface area (Å²) in [7, 11) is 0. The van der Waals surface area contributed by atoms with Crippen LogP contribution in [-0.4, -0.2) is 128 Å². The van der Waals surface area contributed by atoms with Crippen LogP contribution in [0.2, 0.25) is 0 Å². The molecule has 226 valence electrons. The van der Waals surface area contributed by atoms with Crippen LogP contribution in [0.25, 0.3) is 0 Å². The number of carbonyl (C=O) groups is 2. The van der Waals surface area contributed by atoms with Gasteiger partial charge in [0.25, 0.3) is 0 Å². The Morgan fingerprint density at radius 3 is 1.59 bits per heavy atom. The number of carbonyl (C=O) groups excluding carboxylic acids is 1. The number of carboxylic acid groups (broad SMARTS) is 1. The van der Waals surface area contributed by atoms with Gasteiger partial charge in [-0.1, -0.05) is 12.2 Å². The molecule has 2 atom stereocenters. The molecule has 1 aliphatic carbocycles. The smallest absolute Gasteiger partial charge is 0.407 e. The average molecular weight is 564 g/mol. The molecule has 0 aromatic rings. The van der Waals surface area contributed by atoms with Crippen molar-refractivity contribution in [3.05, 3.63) is 12.2 Å². The zero-order valence-electron chi connectivity index (χ0n) is 22.8. The second-order valence-corrected chi connectivity index (χ2v) is 8.75. The molecule has 1 aliphatic heterocycles. The number of hydrogen-bond donors (Lipinski definition) is 2. The number of allylic oxidation sites excluding steroid dienone is 2. The fourth-order valence-corrected chi connectivity index (χ4v) is 3.72. The summed E-state index contributed by atoms with van der Waals surface area (Å²) in [4.78, 5) is 22.2. The number of nitrogens with one attached hydrogen (secondary N) is 1. The highest BCUT2D eigenvalue weighted by Crippen LogP contribution is 2.28. The van der Waals surface area contributed by atoms with Crippen LogP contribution in [0, 0.1) is 0 Å². The maximum atomic E-state index is 11.9. The van der Waals surface area contributed by atoms with E-state index in [0.717, 1.165) is 25.7 Å². The predicted octanol–water partition coefficient (Wildman–Crippen LogP) is 1.53. The van der Waals surface area contributed by atoms with E-state index < -0.39 is 18.4 Å². The minimum atomic E-state index is -0.879. The van der Waals surface area contributed by atoms with Crippen LogP contribution in [0.3, 0.4) is 0 Å². The van der Waals surface area contributed by atoms with Gasteiger partial charge in [-0.05, 0) is 25.7 Å². The molecule has 0 bridgehead atoms. The Labute approximate surface area is 230 Å². The molecule has 39 heavy (non-hydrogen) atoms. The standard InChI is InChI=1S/C26H45NO12/c28-24(29)7-9-31-11-13-33-15-17-35-19-20-36-18-16-34-14-12-32-10-8-27-26(30)37-21-25-38-22-5-3-1-2-4-6-23(22)39-25/h1-2,22-23,25H,3-21H2,(H,27,30)(H,28,29)/b2-1+. The normalized spacial score (nSPS) is 21.6. The second kappa shape index (κ2) is 22.9. The van der Waals surface area contributed by atoms with E-state index >= 15 is 0 Å². The highest BCUT2D eigenvalue weighted by Gasteiger charge is 2.36. The first-order valence-corrected chi connectivity index (χ1v) is 13.7. The Balaban J connectivity index is 1.25. The lowest BCUT2D eigenvalue weighted by Crippen LogP contribution is -2.31. The Morgan fingerprint density at radius 1 is 0.692 bits per heavy atom. The van der Waals surface area contributed by atoms with Crippen molar-refractivity contribution in [2.24, 2.45) is 0 Å². The lowest BCUT2D eigenvalue weighted by molar-refractivity contribution is -0.138. The van der Waals surface area contributed by atoms with Gasteiger partial charge in [0.2, 0.25) is 0 Å². The van der Waals surface area contributed by atoms with Gasteiger partial charge in [-0.15, -0.1) is 0 Å². The molecule has 0 spiro atoms. The highest BCUT2D eigenvalue weighted by molar-refractivity contribution is 5.67. The van der Waals surface area contributed by atoms with E-state index in [4.69, 9.17) is 47.7 Å².